The first kappa shape index (κ1) is 15.5. The highest BCUT2D eigenvalue weighted by Gasteiger charge is 2.17. The lowest BCUT2D eigenvalue weighted by Gasteiger charge is -2.20. The SMILES string of the molecule is CCCOc1ccc(C2=Nc3cccc4cccc(c34)N2)cc1OC. The Morgan fingerprint density at radius 2 is 1.84 bits per heavy atom. The Balaban J connectivity index is 1.76. The van der Waals surface area contributed by atoms with Gasteiger partial charge in [0.25, 0.3) is 0 Å². The van der Waals surface area contributed by atoms with Gasteiger partial charge in [-0.05, 0) is 42.1 Å². The summed E-state index contributed by atoms with van der Waals surface area (Å²) in [6.45, 7) is 2.75. The molecule has 3 aromatic carbocycles. The van der Waals surface area contributed by atoms with Gasteiger partial charge in [0.05, 0.1) is 19.4 Å². The molecule has 126 valence electrons. The molecule has 0 radical (unpaired) electrons. The molecule has 0 saturated carbocycles. The monoisotopic (exact) mass is 332 g/mol. The third-order valence-electron chi connectivity index (χ3n) is 4.27. The maximum Gasteiger partial charge on any atom is 0.161 e. The lowest BCUT2D eigenvalue weighted by molar-refractivity contribution is 0.294. The largest absolute Gasteiger partial charge is 0.493 e. The van der Waals surface area contributed by atoms with Crippen LogP contribution in [0.5, 0.6) is 11.5 Å². The number of benzene rings is 3. The molecule has 0 fully saturated rings. The van der Waals surface area contributed by atoms with Crippen molar-refractivity contribution in [2.24, 2.45) is 4.99 Å². The van der Waals surface area contributed by atoms with E-state index < -0.39 is 0 Å². The molecule has 4 rings (SSSR count). The smallest absolute Gasteiger partial charge is 0.161 e. The molecule has 4 heteroatoms. The van der Waals surface area contributed by atoms with Gasteiger partial charge < -0.3 is 14.8 Å². The van der Waals surface area contributed by atoms with Gasteiger partial charge in [-0.2, -0.15) is 0 Å². The van der Waals surface area contributed by atoms with Crippen molar-refractivity contribution in [1.29, 1.82) is 0 Å². The fourth-order valence-electron chi connectivity index (χ4n) is 3.08. The van der Waals surface area contributed by atoms with Crippen LogP contribution in [0.3, 0.4) is 0 Å². The van der Waals surface area contributed by atoms with Crippen LogP contribution in [0, 0.1) is 0 Å². The minimum atomic E-state index is 0.671. The van der Waals surface area contributed by atoms with E-state index >= 15 is 0 Å². The minimum Gasteiger partial charge on any atom is -0.493 e. The second-order valence-corrected chi connectivity index (χ2v) is 5.98. The number of nitrogens with one attached hydrogen (secondary N) is 1. The number of aliphatic imine (C=N–C) groups is 1. The van der Waals surface area contributed by atoms with Gasteiger partial charge in [-0.15, -0.1) is 0 Å². The summed E-state index contributed by atoms with van der Waals surface area (Å²) in [5, 5.41) is 5.79. The van der Waals surface area contributed by atoms with Crippen molar-refractivity contribution in [3.05, 3.63) is 60.2 Å². The summed E-state index contributed by atoms with van der Waals surface area (Å²) in [5.41, 5.74) is 3.02. The number of anilines is 1. The summed E-state index contributed by atoms with van der Waals surface area (Å²) in [5.74, 6) is 2.28. The third kappa shape index (κ3) is 2.80. The van der Waals surface area contributed by atoms with Crippen LogP contribution in [0.4, 0.5) is 11.4 Å². The van der Waals surface area contributed by atoms with E-state index in [0.29, 0.717) is 12.4 Å². The first-order chi connectivity index (χ1) is 12.3. The van der Waals surface area contributed by atoms with Crippen molar-refractivity contribution in [3.63, 3.8) is 0 Å². The second-order valence-electron chi connectivity index (χ2n) is 5.98. The standard InChI is InChI=1S/C21H20N2O2/c1-3-12-25-18-11-10-15(13-19(18)24-2)21-22-16-8-4-6-14-7-5-9-17(23-21)20(14)16/h4-11,13H,3,12H2,1-2H3,(H,22,23). The van der Waals surface area contributed by atoms with Gasteiger partial charge in [-0.1, -0.05) is 31.2 Å². The van der Waals surface area contributed by atoms with E-state index in [-0.39, 0.29) is 0 Å². The van der Waals surface area contributed by atoms with E-state index in [9.17, 15) is 0 Å². The van der Waals surface area contributed by atoms with Gasteiger partial charge in [0.1, 0.15) is 5.84 Å². The summed E-state index contributed by atoms with van der Waals surface area (Å²) in [4.78, 5) is 4.81. The molecule has 1 N–H and O–H groups in total. The average molecular weight is 332 g/mol. The second kappa shape index (κ2) is 6.48. The van der Waals surface area contributed by atoms with E-state index in [0.717, 1.165) is 40.3 Å². The zero-order chi connectivity index (χ0) is 17.2. The van der Waals surface area contributed by atoms with E-state index in [2.05, 4.69) is 36.5 Å². The quantitative estimate of drug-likeness (QED) is 0.703. The molecule has 3 aromatic rings. The van der Waals surface area contributed by atoms with Gasteiger partial charge in [-0.3, -0.25) is 0 Å². The highest BCUT2D eigenvalue weighted by atomic mass is 16.5. The van der Waals surface area contributed by atoms with Crippen molar-refractivity contribution >= 4 is 28.0 Å². The molecule has 1 aliphatic heterocycles. The molecule has 1 aliphatic rings. The fourth-order valence-corrected chi connectivity index (χ4v) is 3.08. The Bertz CT molecular complexity index is 958. The maximum atomic E-state index is 5.74. The lowest BCUT2D eigenvalue weighted by atomic mass is 10.0. The molecule has 0 aromatic heterocycles. The highest BCUT2D eigenvalue weighted by Crippen LogP contribution is 2.37. The Morgan fingerprint density at radius 1 is 1.00 bits per heavy atom. The molecule has 0 bridgehead atoms. The number of rotatable bonds is 5. The average Bonchev–Trinajstić information content (AvgIpc) is 2.66. The molecule has 0 spiro atoms. The first-order valence-electron chi connectivity index (χ1n) is 8.49. The van der Waals surface area contributed by atoms with Crippen LogP contribution < -0.4 is 14.8 Å². The zero-order valence-corrected chi connectivity index (χ0v) is 14.4. The van der Waals surface area contributed by atoms with Crippen LogP contribution in [-0.2, 0) is 0 Å². The normalized spacial score (nSPS) is 12.5. The number of ether oxygens (including phenoxy) is 2. The van der Waals surface area contributed by atoms with Crippen molar-refractivity contribution in [3.8, 4) is 11.5 Å². The number of amidine groups is 1. The molecule has 0 amide bonds. The van der Waals surface area contributed by atoms with Gasteiger partial charge in [0.2, 0.25) is 0 Å². The fraction of sp³-hybridized carbons (Fsp3) is 0.190. The van der Waals surface area contributed by atoms with Crippen LogP contribution in [-0.4, -0.2) is 19.6 Å². The van der Waals surface area contributed by atoms with E-state index in [1.165, 1.54) is 5.39 Å². The lowest BCUT2D eigenvalue weighted by Crippen LogP contribution is -2.16. The molecule has 0 aliphatic carbocycles. The first-order valence-corrected chi connectivity index (χ1v) is 8.49. The van der Waals surface area contributed by atoms with Crippen LogP contribution in [0.25, 0.3) is 10.8 Å². The van der Waals surface area contributed by atoms with Gasteiger partial charge in [-0.25, -0.2) is 4.99 Å². The minimum absolute atomic E-state index is 0.671. The van der Waals surface area contributed by atoms with Crippen LogP contribution in [0.2, 0.25) is 0 Å². The Hall–Kier alpha value is -3.01. The van der Waals surface area contributed by atoms with E-state index in [1.54, 1.807) is 7.11 Å². The molecular formula is C21H20N2O2. The summed E-state index contributed by atoms with van der Waals surface area (Å²) < 4.78 is 11.2. The van der Waals surface area contributed by atoms with Crippen LogP contribution in [0.1, 0.15) is 18.9 Å². The van der Waals surface area contributed by atoms with Gasteiger partial charge in [0.15, 0.2) is 11.5 Å². The van der Waals surface area contributed by atoms with Crippen LogP contribution >= 0.6 is 0 Å². The number of methoxy groups -OCH3 is 1. The molecule has 25 heavy (non-hydrogen) atoms. The number of hydrogen-bond acceptors (Lipinski definition) is 4. The van der Waals surface area contributed by atoms with Crippen molar-refractivity contribution in [2.45, 2.75) is 13.3 Å². The predicted molar refractivity (Wildman–Crippen MR) is 103 cm³/mol. The summed E-state index contributed by atoms with van der Waals surface area (Å²) in [6.07, 6.45) is 0.958. The Kier molecular flexibility index (Phi) is 4.02. The predicted octanol–water partition coefficient (Wildman–Crippen LogP) is 5.14. The molecular weight excluding hydrogens is 312 g/mol. The van der Waals surface area contributed by atoms with Crippen molar-refractivity contribution in [1.82, 2.24) is 0 Å². The topological polar surface area (TPSA) is 42.8 Å². The van der Waals surface area contributed by atoms with Crippen LogP contribution in [0.15, 0.2) is 59.6 Å². The number of nitrogens with zero attached hydrogens (tertiary/aromatic N) is 1. The van der Waals surface area contributed by atoms with Crippen molar-refractivity contribution < 1.29 is 9.47 Å². The molecule has 1 heterocycles. The zero-order valence-electron chi connectivity index (χ0n) is 14.4. The van der Waals surface area contributed by atoms with Gasteiger partial charge in [0, 0.05) is 16.6 Å². The molecule has 4 nitrogen and oxygen atoms in total. The summed E-state index contributed by atoms with van der Waals surface area (Å²) in [6, 6.07) is 18.3. The molecule has 0 unspecified atom stereocenters. The maximum absolute atomic E-state index is 5.74. The molecule has 0 atom stereocenters. The van der Waals surface area contributed by atoms with Crippen molar-refractivity contribution in [2.75, 3.05) is 19.0 Å². The summed E-state index contributed by atoms with van der Waals surface area (Å²) >= 11 is 0. The highest BCUT2D eigenvalue weighted by molar-refractivity contribution is 6.19. The number of hydrogen-bond donors (Lipinski definition) is 1. The Labute approximate surface area is 147 Å². The summed E-state index contributed by atoms with van der Waals surface area (Å²) in [7, 11) is 1.66. The Morgan fingerprint density at radius 3 is 2.64 bits per heavy atom. The van der Waals surface area contributed by atoms with E-state index in [4.69, 9.17) is 14.5 Å². The molecule has 0 saturated heterocycles. The van der Waals surface area contributed by atoms with E-state index in [1.807, 2.05) is 30.3 Å². The third-order valence-corrected chi connectivity index (χ3v) is 4.27. The van der Waals surface area contributed by atoms with Gasteiger partial charge >= 0.3 is 0 Å².